The van der Waals surface area contributed by atoms with E-state index in [9.17, 15) is 4.79 Å². The Kier molecular flexibility index (Phi) is 5.25. The molecule has 29 heavy (non-hydrogen) atoms. The zero-order valence-electron chi connectivity index (χ0n) is 16.1. The van der Waals surface area contributed by atoms with Crippen LogP contribution in [0.2, 0.25) is 10.0 Å². The molecule has 4 saturated carbocycles. The van der Waals surface area contributed by atoms with E-state index in [1.807, 2.05) is 0 Å². The maximum Gasteiger partial charge on any atom is 0.264 e. The molecule has 0 saturated heterocycles. The average Bonchev–Trinajstić information content (AvgIpc) is 3.05. The fourth-order valence-electron chi connectivity index (χ4n) is 6.23. The SMILES string of the molecule is O=C(COc1ccc(Cl)cc1Cl)Nc1nc(CC23CC4CC(CC(C4)C2)C3)cs1. The van der Waals surface area contributed by atoms with Gasteiger partial charge in [-0.2, -0.15) is 0 Å². The first-order valence-electron chi connectivity index (χ1n) is 10.3. The molecule has 1 heterocycles. The van der Waals surface area contributed by atoms with Crippen molar-refractivity contribution in [3.05, 3.63) is 39.3 Å². The molecule has 1 N–H and O–H groups in total. The van der Waals surface area contributed by atoms with Gasteiger partial charge in [0, 0.05) is 10.4 Å². The third-order valence-electron chi connectivity index (χ3n) is 6.77. The van der Waals surface area contributed by atoms with Gasteiger partial charge < -0.3 is 4.74 Å². The second-order valence-corrected chi connectivity index (χ2v) is 10.9. The average molecular weight is 451 g/mol. The zero-order valence-corrected chi connectivity index (χ0v) is 18.5. The van der Waals surface area contributed by atoms with Crippen LogP contribution < -0.4 is 10.1 Å². The van der Waals surface area contributed by atoms with E-state index < -0.39 is 0 Å². The number of carbonyl (C=O) groups excluding carboxylic acids is 1. The number of hydrogen-bond donors (Lipinski definition) is 1. The summed E-state index contributed by atoms with van der Waals surface area (Å²) in [7, 11) is 0. The molecule has 154 valence electrons. The fraction of sp³-hybridized carbons (Fsp3) is 0.545. The maximum absolute atomic E-state index is 12.2. The molecule has 1 amide bonds. The van der Waals surface area contributed by atoms with Crippen LogP contribution in [0, 0.1) is 23.2 Å². The summed E-state index contributed by atoms with van der Waals surface area (Å²) in [4.78, 5) is 16.9. The van der Waals surface area contributed by atoms with Crippen LogP contribution >= 0.6 is 34.5 Å². The molecule has 0 atom stereocenters. The predicted octanol–water partition coefficient (Wildman–Crippen LogP) is 6.23. The van der Waals surface area contributed by atoms with Crippen LogP contribution in [-0.2, 0) is 11.2 Å². The van der Waals surface area contributed by atoms with E-state index >= 15 is 0 Å². The van der Waals surface area contributed by atoms with Crippen molar-refractivity contribution in [1.82, 2.24) is 4.98 Å². The number of thiazole rings is 1. The Bertz CT molecular complexity index is 894. The summed E-state index contributed by atoms with van der Waals surface area (Å²) in [5.41, 5.74) is 1.58. The zero-order chi connectivity index (χ0) is 20.0. The van der Waals surface area contributed by atoms with Crippen LogP contribution in [0.25, 0.3) is 0 Å². The Hall–Kier alpha value is -1.30. The molecule has 0 unspecified atom stereocenters. The van der Waals surface area contributed by atoms with Gasteiger partial charge in [-0.3, -0.25) is 10.1 Å². The largest absolute Gasteiger partial charge is 0.482 e. The predicted molar refractivity (Wildman–Crippen MR) is 117 cm³/mol. The minimum atomic E-state index is -0.244. The van der Waals surface area contributed by atoms with Crippen molar-refractivity contribution in [3.63, 3.8) is 0 Å². The Balaban J connectivity index is 1.17. The number of ether oxygens (including phenoxy) is 1. The van der Waals surface area contributed by atoms with Crippen LogP contribution in [0.4, 0.5) is 5.13 Å². The molecule has 1 aromatic heterocycles. The third-order valence-corrected chi connectivity index (χ3v) is 8.11. The van der Waals surface area contributed by atoms with E-state index in [0.29, 0.717) is 26.3 Å². The van der Waals surface area contributed by atoms with Gasteiger partial charge >= 0.3 is 0 Å². The summed E-state index contributed by atoms with van der Waals surface area (Å²) in [6, 6.07) is 4.93. The molecular formula is C22H24Cl2N2O2S. The van der Waals surface area contributed by atoms with E-state index in [1.165, 1.54) is 49.9 Å². The number of halogens is 2. The molecule has 0 spiro atoms. The van der Waals surface area contributed by atoms with Crippen LogP contribution in [0.1, 0.15) is 44.2 Å². The number of hydrogen-bond acceptors (Lipinski definition) is 4. The summed E-state index contributed by atoms with van der Waals surface area (Å²) in [5, 5.41) is 6.50. The van der Waals surface area contributed by atoms with Gasteiger partial charge in [0.2, 0.25) is 0 Å². The lowest BCUT2D eigenvalue weighted by Gasteiger charge is -2.56. The molecule has 2 aromatic rings. The summed E-state index contributed by atoms with van der Waals surface area (Å²) in [6.45, 7) is -0.120. The highest BCUT2D eigenvalue weighted by atomic mass is 35.5. The summed E-state index contributed by atoms with van der Waals surface area (Å²) in [5.74, 6) is 3.02. The van der Waals surface area contributed by atoms with Gasteiger partial charge in [-0.1, -0.05) is 23.2 Å². The van der Waals surface area contributed by atoms with Crippen molar-refractivity contribution >= 4 is 45.6 Å². The first kappa shape index (κ1) is 19.7. The number of aromatic nitrogens is 1. The molecule has 6 rings (SSSR count). The van der Waals surface area contributed by atoms with Crippen molar-refractivity contribution < 1.29 is 9.53 Å². The highest BCUT2D eigenvalue weighted by Gasteiger charge is 2.50. The van der Waals surface area contributed by atoms with E-state index in [-0.39, 0.29) is 12.5 Å². The van der Waals surface area contributed by atoms with Gasteiger partial charge in [0.1, 0.15) is 5.75 Å². The van der Waals surface area contributed by atoms with Gasteiger partial charge in [-0.05, 0) is 86.3 Å². The summed E-state index contributed by atoms with van der Waals surface area (Å²) < 4.78 is 5.50. The highest BCUT2D eigenvalue weighted by Crippen LogP contribution is 2.61. The Morgan fingerprint density at radius 1 is 1.17 bits per heavy atom. The quantitative estimate of drug-likeness (QED) is 0.567. The van der Waals surface area contributed by atoms with Crippen molar-refractivity contribution in [2.75, 3.05) is 11.9 Å². The van der Waals surface area contributed by atoms with Crippen molar-refractivity contribution in [2.24, 2.45) is 23.2 Å². The molecule has 0 radical (unpaired) electrons. The Morgan fingerprint density at radius 3 is 2.52 bits per heavy atom. The molecule has 4 aliphatic carbocycles. The number of amides is 1. The number of benzene rings is 1. The minimum Gasteiger partial charge on any atom is -0.482 e. The first-order chi connectivity index (χ1) is 14.0. The lowest BCUT2D eigenvalue weighted by Crippen LogP contribution is -2.47. The van der Waals surface area contributed by atoms with Crippen LogP contribution in [0.3, 0.4) is 0 Å². The molecule has 4 aliphatic rings. The van der Waals surface area contributed by atoms with Gasteiger partial charge in [-0.15, -0.1) is 11.3 Å². The molecule has 4 bridgehead atoms. The summed E-state index contributed by atoms with van der Waals surface area (Å²) >= 11 is 13.4. The molecule has 7 heteroatoms. The van der Waals surface area contributed by atoms with Crippen molar-refractivity contribution in [1.29, 1.82) is 0 Å². The molecule has 4 fully saturated rings. The van der Waals surface area contributed by atoms with Gasteiger partial charge in [0.25, 0.3) is 5.91 Å². The van der Waals surface area contributed by atoms with Crippen molar-refractivity contribution in [2.45, 2.75) is 44.9 Å². The van der Waals surface area contributed by atoms with Crippen LogP contribution in [0.5, 0.6) is 5.75 Å². The molecule has 0 aliphatic heterocycles. The molecule has 1 aromatic carbocycles. The lowest BCUT2D eigenvalue weighted by molar-refractivity contribution is -0.118. The van der Waals surface area contributed by atoms with E-state index in [1.54, 1.807) is 18.2 Å². The van der Waals surface area contributed by atoms with Crippen molar-refractivity contribution in [3.8, 4) is 5.75 Å². The summed E-state index contributed by atoms with van der Waals surface area (Å²) in [6.07, 6.45) is 9.52. The topological polar surface area (TPSA) is 51.2 Å². The van der Waals surface area contributed by atoms with E-state index in [2.05, 4.69) is 10.7 Å². The maximum atomic E-state index is 12.2. The number of nitrogens with one attached hydrogen (secondary N) is 1. The highest BCUT2D eigenvalue weighted by molar-refractivity contribution is 7.13. The Labute approximate surface area is 185 Å². The fourth-order valence-corrected chi connectivity index (χ4v) is 7.42. The monoisotopic (exact) mass is 450 g/mol. The van der Waals surface area contributed by atoms with Gasteiger partial charge in [-0.25, -0.2) is 4.98 Å². The van der Waals surface area contributed by atoms with E-state index in [0.717, 1.165) is 29.9 Å². The first-order valence-corrected chi connectivity index (χ1v) is 11.9. The molecular weight excluding hydrogens is 427 g/mol. The van der Waals surface area contributed by atoms with Gasteiger partial charge in [0.15, 0.2) is 11.7 Å². The number of carbonyl (C=O) groups is 1. The lowest BCUT2D eigenvalue weighted by atomic mass is 9.48. The van der Waals surface area contributed by atoms with Gasteiger partial charge in [0.05, 0.1) is 10.7 Å². The smallest absolute Gasteiger partial charge is 0.264 e. The second-order valence-electron chi connectivity index (χ2n) is 9.15. The normalized spacial score (nSPS) is 29.8. The number of rotatable bonds is 6. The molecule has 4 nitrogen and oxygen atoms in total. The van der Waals surface area contributed by atoms with E-state index in [4.69, 9.17) is 32.9 Å². The Morgan fingerprint density at radius 2 is 1.86 bits per heavy atom. The second kappa shape index (κ2) is 7.75. The van der Waals surface area contributed by atoms with Crippen LogP contribution in [-0.4, -0.2) is 17.5 Å². The van der Waals surface area contributed by atoms with Crippen LogP contribution in [0.15, 0.2) is 23.6 Å². The standard InChI is InChI=1S/C22H24Cl2N2O2S/c23-16-1-2-19(18(24)6-16)28-11-20(27)26-21-25-17(12-29-21)10-22-7-13-3-14(8-22)5-15(4-13)9-22/h1-2,6,12-15H,3-5,7-11H2,(H,25,26,27). The number of nitrogens with zero attached hydrogens (tertiary/aromatic N) is 1. The number of anilines is 1. The third kappa shape index (κ3) is 4.28. The minimum absolute atomic E-state index is 0.120.